The van der Waals surface area contributed by atoms with Crippen molar-refractivity contribution in [3.8, 4) is 11.3 Å². The van der Waals surface area contributed by atoms with Crippen molar-refractivity contribution in [2.24, 2.45) is 0 Å². The van der Waals surface area contributed by atoms with E-state index in [-0.39, 0.29) is 12.2 Å². The average Bonchev–Trinajstić information content (AvgIpc) is 3.24. The predicted molar refractivity (Wildman–Crippen MR) is 120 cm³/mol. The van der Waals surface area contributed by atoms with Crippen LogP contribution in [0.5, 0.6) is 0 Å². The maximum absolute atomic E-state index is 12.5. The van der Waals surface area contributed by atoms with Crippen LogP contribution in [0, 0.1) is 0 Å². The summed E-state index contributed by atoms with van der Waals surface area (Å²) in [5.74, 6) is -0.393. The molecule has 8 heteroatoms. The van der Waals surface area contributed by atoms with Crippen molar-refractivity contribution in [1.82, 2.24) is 15.0 Å². The molecule has 2 aromatic heterocycles. The zero-order valence-corrected chi connectivity index (χ0v) is 17.4. The summed E-state index contributed by atoms with van der Waals surface area (Å²) in [5, 5.41) is 11.4. The molecule has 0 bridgehead atoms. The van der Waals surface area contributed by atoms with E-state index in [1.54, 1.807) is 12.3 Å². The lowest BCUT2D eigenvalue weighted by Crippen LogP contribution is -2.23. The van der Waals surface area contributed by atoms with Crippen LogP contribution in [-0.4, -0.2) is 34.0 Å². The lowest BCUT2D eigenvalue weighted by Gasteiger charge is -2.21. The SMILES string of the molecule is CCN(CC)c1ccc2cc(NC(=O)Cn3cc(-c4ccccc4)nn3)c(=O)oc2c1. The number of fused-ring (bicyclic) bond motifs is 1. The number of hydrogen-bond acceptors (Lipinski definition) is 6. The van der Waals surface area contributed by atoms with Gasteiger partial charge in [-0.25, -0.2) is 9.48 Å². The third kappa shape index (κ3) is 4.48. The summed E-state index contributed by atoms with van der Waals surface area (Å²) in [7, 11) is 0. The number of nitrogens with one attached hydrogen (secondary N) is 1. The molecule has 0 unspecified atom stereocenters. The fraction of sp³-hybridized carbons (Fsp3) is 0.217. The molecule has 2 heterocycles. The van der Waals surface area contributed by atoms with Crippen molar-refractivity contribution in [3.63, 3.8) is 0 Å². The Balaban J connectivity index is 1.50. The van der Waals surface area contributed by atoms with Gasteiger partial charge < -0.3 is 14.6 Å². The minimum absolute atomic E-state index is 0.0712. The number of nitrogens with zero attached hydrogens (tertiary/aromatic N) is 4. The van der Waals surface area contributed by atoms with Gasteiger partial charge in [0.15, 0.2) is 0 Å². The zero-order chi connectivity index (χ0) is 21.8. The van der Waals surface area contributed by atoms with Gasteiger partial charge in [0, 0.05) is 35.8 Å². The maximum atomic E-state index is 12.5. The first-order valence-corrected chi connectivity index (χ1v) is 10.2. The summed E-state index contributed by atoms with van der Waals surface area (Å²) in [6, 6.07) is 16.9. The molecular formula is C23H23N5O3. The number of aromatic nitrogens is 3. The first-order chi connectivity index (χ1) is 15.1. The fourth-order valence-electron chi connectivity index (χ4n) is 3.43. The first-order valence-electron chi connectivity index (χ1n) is 10.2. The quantitative estimate of drug-likeness (QED) is 0.463. The van der Waals surface area contributed by atoms with Crippen LogP contribution in [0.3, 0.4) is 0 Å². The molecule has 0 fully saturated rings. The summed E-state index contributed by atoms with van der Waals surface area (Å²) in [6.07, 6.45) is 1.69. The van der Waals surface area contributed by atoms with Crippen molar-refractivity contribution in [2.45, 2.75) is 20.4 Å². The summed E-state index contributed by atoms with van der Waals surface area (Å²) in [6.45, 7) is 5.78. The standard InChI is InChI=1S/C23H23N5O3/c1-3-27(4-2)18-11-10-17-12-19(23(30)31-21(17)13-18)24-22(29)15-28-14-20(25-26-28)16-8-6-5-7-9-16/h5-14H,3-4,15H2,1-2H3,(H,24,29). The number of hydrogen-bond donors (Lipinski definition) is 1. The van der Waals surface area contributed by atoms with E-state index in [1.165, 1.54) is 4.68 Å². The van der Waals surface area contributed by atoms with Crippen LogP contribution in [0.25, 0.3) is 22.2 Å². The Morgan fingerprint density at radius 1 is 1.10 bits per heavy atom. The third-order valence-corrected chi connectivity index (χ3v) is 5.04. The van der Waals surface area contributed by atoms with Gasteiger partial charge >= 0.3 is 5.63 Å². The summed E-state index contributed by atoms with van der Waals surface area (Å²) < 4.78 is 6.88. The molecule has 1 amide bonds. The van der Waals surface area contributed by atoms with E-state index in [2.05, 4.69) is 34.4 Å². The van der Waals surface area contributed by atoms with Crippen LogP contribution in [-0.2, 0) is 11.3 Å². The van der Waals surface area contributed by atoms with Crippen molar-refractivity contribution in [3.05, 3.63) is 71.2 Å². The lowest BCUT2D eigenvalue weighted by atomic mass is 10.2. The van der Waals surface area contributed by atoms with Gasteiger partial charge in [0.1, 0.15) is 23.5 Å². The highest BCUT2D eigenvalue weighted by Gasteiger charge is 2.12. The van der Waals surface area contributed by atoms with Crippen LogP contribution >= 0.6 is 0 Å². The van der Waals surface area contributed by atoms with E-state index >= 15 is 0 Å². The molecule has 0 atom stereocenters. The minimum atomic E-state index is -0.596. The van der Waals surface area contributed by atoms with Gasteiger partial charge in [0.25, 0.3) is 0 Å². The molecule has 31 heavy (non-hydrogen) atoms. The van der Waals surface area contributed by atoms with Crippen LogP contribution in [0.2, 0.25) is 0 Å². The molecule has 0 aliphatic heterocycles. The van der Waals surface area contributed by atoms with Gasteiger partial charge in [-0.05, 0) is 32.0 Å². The second-order valence-electron chi connectivity index (χ2n) is 7.06. The number of carbonyl (C=O) groups excluding carboxylic acids is 1. The second-order valence-corrected chi connectivity index (χ2v) is 7.06. The molecule has 158 valence electrons. The predicted octanol–water partition coefficient (Wildman–Crippen LogP) is 3.54. The second kappa shape index (κ2) is 8.83. The summed E-state index contributed by atoms with van der Waals surface area (Å²) in [5.41, 5.74) is 2.54. The largest absolute Gasteiger partial charge is 0.421 e. The normalized spacial score (nSPS) is 10.9. The average molecular weight is 417 g/mol. The molecule has 4 rings (SSSR count). The van der Waals surface area contributed by atoms with Crippen molar-refractivity contribution >= 4 is 28.3 Å². The van der Waals surface area contributed by atoms with Crippen molar-refractivity contribution < 1.29 is 9.21 Å². The summed E-state index contributed by atoms with van der Waals surface area (Å²) >= 11 is 0. The summed E-state index contributed by atoms with van der Waals surface area (Å²) in [4.78, 5) is 27.0. The van der Waals surface area contributed by atoms with E-state index in [1.807, 2.05) is 48.5 Å². The topological polar surface area (TPSA) is 93.3 Å². The molecule has 0 saturated heterocycles. The highest BCUT2D eigenvalue weighted by Crippen LogP contribution is 2.23. The van der Waals surface area contributed by atoms with E-state index in [0.717, 1.165) is 29.7 Å². The third-order valence-electron chi connectivity index (χ3n) is 5.04. The molecule has 4 aromatic rings. The lowest BCUT2D eigenvalue weighted by molar-refractivity contribution is -0.116. The Kier molecular flexibility index (Phi) is 5.79. The number of carbonyl (C=O) groups is 1. The molecular weight excluding hydrogens is 394 g/mol. The Morgan fingerprint density at radius 3 is 2.61 bits per heavy atom. The van der Waals surface area contributed by atoms with Crippen LogP contribution in [0.15, 0.2) is 70.0 Å². The number of benzene rings is 2. The van der Waals surface area contributed by atoms with Crippen molar-refractivity contribution in [2.75, 3.05) is 23.3 Å². The molecule has 2 aromatic carbocycles. The molecule has 8 nitrogen and oxygen atoms in total. The van der Waals surface area contributed by atoms with Crippen molar-refractivity contribution in [1.29, 1.82) is 0 Å². The molecule has 0 aliphatic carbocycles. The van der Waals surface area contributed by atoms with Gasteiger partial charge in [0.05, 0.1) is 6.20 Å². The molecule has 0 spiro atoms. The monoisotopic (exact) mass is 417 g/mol. The maximum Gasteiger partial charge on any atom is 0.360 e. The minimum Gasteiger partial charge on any atom is -0.421 e. The van der Waals surface area contributed by atoms with E-state index in [4.69, 9.17) is 4.42 Å². The molecule has 0 aliphatic rings. The van der Waals surface area contributed by atoms with Crippen LogP contribution < -0.4 is 15.8 Å². The number of anilines is 2. The number of rotatable bonds is 7. The van der Waals surface area contributed by atoms with Gasteiger partial charge in [-0.15, -0.1) is 5.10 Å². The fourth-order valence-corrected chi connectivity index (χ4v) is 3.43. The van der Waals surface area contributed by atoms with Crippen LogP contribution in [0.4, 0.5) is 11.4 Å². The van der Waals surface area contributed by atoms with E-state index in [9.17, 15) is 9.59 Å². The van der Waals surface area contributed by atoms with Gasteiger partial charge in [-0.2, -0.15) is 0 Å². The van der Waals surface area contributed by atoms with Gasteiger partial charge in [-0.1, -0.05) is 35.5 Å². The first kappa shape index (κ1) is 20.3. The molecule has 1 N–H and O–H groups in total. The Hall–Kier alpha value is -3.94. The zero-order valence-electron chi connectivity index (χ0n) is 17.4. The van der Waals surface area contributed by atoms with E-state index in [0.29, 0.717) is 11.3 Å². The Bertz CT molecular complexity index is 1260. The van der Waals surface area contributed by atoms with Crippen LogP contribution in [0.1, 0.15) is 13.8 Å². The number of amides is 1. The molecule has 0 saturated carbocycles. The highest BCUT2D eigenvalue weighted by atomic mass is 16.4. The van der Waals surface area contributed by atoms with Gasteiger partial charge in [-0.3, -0.25) is 4.79 Å². The highest BCUT2D eigenvalue weighted by molar-refractivity contribution is 5.92. The Labute approximate surface area is 179 Å². The smallest absolute Gasteiger partial charge is 0.360 e. The van der Waals surface area contributed by atoms with Gasteiger partial charge in [0.2, 0.25) is 5.91 Å². The Morgan fingerprint density at radius 2 is 1.87 bits per heavy atom. The molecule has 0 radical (unpaired) electrons. The van der Waals surface area contributed by atoms with E-state index < -0.39 is 11.5 Å².